The van der Waals surface area contributed by atoms with Gasteiger partial charge in [0.2, 0.25) is 0 Å². The van der Waals surface area contributed by atoms with E-state index in [1.807, 2.05) is 18.8 Å². The molecule has 0 aliphatic heterocycles. The van der Waals surface area contributed by atoms with Crippen molar-refractivity contribution in [3.63, 3.8) is 0 Å². The molecule has 0 radical (unpaired) electrons. The number of nitrogens with one attached hydrogen (secondary N) is 1. The van der Waals surface area contributed by atoms with Crippen LogP contribution in [0, 0.1) is 0 Å². The third-order valence-electron chi connectivity index (χ3n) is 2.80. The Kier molecular flexibility index (Phi) is 7.13. The third kappa shape index (κ3) is 5.00. The highest BCUT2D eigenvalue weighted by Crippen LogP contribution is 2.19. The summed E-state index contributed by atoms with van der Waals surface area (Å²) in [5.74, 6) is 2.14. The lowest BCUT2D eigenvalue weighted by atomic mass is 10.1. The van der Waals surface area contributed by atoms with Gasteiger partial charge in [0.05, 0.1) is 6.61 Å². The number of benzene rings is 1. The summed E-state index contributed by atoms with van der Waals surface area (Å²) in [6.45, 7) is 3.00. The highest BCUT2D eigenvalue weighted by molar-refractivity contribution is 7.98. The molecule has 0 heterocycles. The monoisotopic (exact) mass is 253 g/mol. The Morgan fingerprint density at radius 2 is 2.00 bits per heavy atom. The van der Waals surface area contributed by atoms with Crippen molar-refractivity contribution in [2.24, 2.45) is 0 Å². The molecule has 0 aliphatic rings. The molecular formula is C14H23NOS. The smallest absolute Gasteiger partial charge is 0.119 e. The molecule has 1 rings (SSSR count). The van der Waals surface area contributed by atoms with Gasteiger partial charge in [0.25, 0.3) is 0 Å². The minimum atomic E-state index is 0.445. The van der Waals surface area contributed by atoms with Gasteiger partial charge in [-0.3, -0.25) is 0 Å². The molecule has 0 saturated carbocycles. The van der Waals surface area contributed by atoms with Gasteiger partial charge in [0.15, 0.2) is 0 Å². The molecule has 2 nitrogen and oxygen atoms in total. The van der Waals surface area contributed by atoms with Crippen LogP contribution in [0.2, 0.25) is 0 Å². The molecule has 96 valence electrons. The largest absolute Gasteiger partial charge is 0.494 e. The van der Waals surface area contributed by atoms with Crippen LogP contribution in [0.3, 0.4) is 0 Å². The molecule has 0 aliphatic carbocycles. The van der Waals surface area contributed by atoms with Gasteiger partial charge in [0.1, 0.15) is 5.75 Å². The SMILES string of the molecule is CCC(NC)c1ccc(OCCCSC)cc1. The number of ether oxygens (including phenoxy) is 1. The first-order valence-electron chi connectivity index (χ1n) is 6.20. The van der Waals surface area contributed by atoms with E-state index in [1.165, 1.54) is 5.56 Å². The normalized spacial score (nSPS) is 12.4. The van der Waals surface area contributed by atoms with Gasteiger partial charge >= 0.3 is 0 Å². The predicted octanol–water partition coefficient (Wildman–Crippen LogP) is 3.49. The topological polar surface area (TPSA) is 21.3 Å². The molecule has 1 N–H and O–H groups in total. The minimum absolute atomic E-state index is 0.445. The summed E-state index contributed by atoms with van der Waals surface area (Å²) in [6, 6.07) is 8.87. The number of hydrogen-bond donors (Lipinski definition) is 1. The molecule has 0 aromatic heterocycles. The van der Waals surface area contributed by atoms with E-state index in [1.54, 1.807) is 0 Å². The summed E-state index contributed by atoms with van der Waals surface area (Å²) < 4.78 is 5.68. The first kappa shape index (κ1) is 14.4. The molecule has 0 bridgehead atoms. The van der Waals surface area contributed by atoms with Crippen LogP contribution in [-0.2, 0) is 0 Å². The number of rotatable bonds is 8. The predicted molar refractivity (Wildman–Crippen MR) is 77.0 cm³/mol. The van der Waals surface area contributed by atoms with Crippen LogP contribution < -0.4 is 10.1 Å². The lowest BCUT2D eigenvalue weighted by molar-refractivity contribution is 0.318. The van der Waals surface area contributed by atoms with Gasteiger partial charge < -0.3 is 10.1 Å². The van der Waals surface area contributed by atoms with Crippen molar-refractivity contribution in [1.82, 2.24) is 5.32 Å². The fraction of sp³-hybridized carbons (Fsp3) is 0.571. The average Bonchev–Trinajstić information content (AvgIpc) is 2.38. The summed E-state index contributed by atoms with van der Waals surface area (Å²) in [6.07, 6.45) is 4.33. The van der Waals surface area contributed by atoms with Crippen LogP contribution in [0.4, 0.5) is 0 Å². The van der Waals surface area contributed by atoms with Crippen molar-refractivity contribution in [1.29, 1.82) is 0 Å². The third-order valence-corrected chi connectivity index (χ3v) is 3.50. The zero-order valence-corrected chi connectivity index (χ0v) is 11.8. The molecule has 3 heteroatoms. The fourth-order valence-corrected chi connectivity index (χ4v) is 2.20. The number of hydrogen-bond acceptors (Lipinski definition) is 3. The molecule has 1 atom stereocenters. The first-order chi connectivity index (χ1) is 8.31. The van der Waals surface area contributed by atoms with Crippen molar-refractivity contribution >= 4 is 11.8 Å². The molecule has 1 aromatic rings. The van der Waals surface area contributed by atoms with E-state index in [9.17, 15) is 0 Å². The maximum absolute atomic E-state index is 5.68. The molecule has 1 unspecified atom stereocenters. The lowest BCUT2D eigenvalue weighted by Gasteiger charge is -2.14. The van der Waals surface area contributed by atoms with E-state index in [0.29, 0.717) is 6.04 Å². The van der Waals surface area contributed by atoms with E-state index in [2.05, 4.69) is 42.8 Å². The van der Waals surface area contributed by atoms with Crippen molar-refractivity contribution in [2.75, 3.05) is 25.7 Å². The quantitative estimate of drug-likeness (QED) is 0.717. The number of thioether (sulfide) groups is 1. The highest BCUT2D eigenvalue weighted by Gasteiger charge is 2.05. The summed E-state index contributed by atoms with van der Waals surface area (Å²) in [4.78, 5) is 0. The van der Waals surface area contributed by atoms with E-state index in [0.717, 1.165) is 31.0 Å². The maximum Gasteiger partial charge on any atom is 0.119 e. The summed E-state index contributed by atoms with van der Waals surface area (Å²) >= 11 is 1.86. The van der Waals surface area contributed by atoms with Crippen LogP contribution in [0.5, 0.6) is 5.75 Å². The Balaban J connectivity index is 2.44. The fourth-order valence-electron chi connectivity index (χ4n) is 1.80. The van der Waals surface area contributed by atoms with E-state index < -0.39 is 0 Å². The summed E-state index contributed by atoms with van der Waals surface area (Å²) in [7, 11) is 2.00. The Morgan fingerprint density at radius 3 is 2.53 bits per heavy atom. The van der Waals surface area contributed by atoms with Crippen molar-refractivity contribution < 1.29 is 4.74 Å². The Morgan fingerprint density at radius 1 is 1.29 bits per heavy atom. The van der Waals surface area contributed by atoms with Gasteiger partial charge in [-0.05, 0) is 49.6 Å². The van der Waals surface area contributed by atoms with Gasteiger partial charge in [-0.2, -0.15) is 11.8 Å². The zero-order valence-electron chi connectivity index (χ0n) is 11.0. The average molecular weight is 253 g/mol. The van der Waals surface area contributed by atoms with Crippen LogP contribution in [0.1, 0.15) is 31.4 Å². The summed E-state index contributed by atoms with van der Waals surface area (Å²) in [5, 5.41) is 3.30. The molecular weight excluding hydrogens is 230 g/mol. The molecule has 0 fully saturated rings. The van der Waals surface area contributed by atoms with Crippen molar-refractivity contribution in [3.8, 4) is 5.75 Å². The molecule has 17 heavy (non-hydrogen) atoms. The van der Waals surface area contributed by atoms with E-state index in [-0.39, 0.29) is 0 Å². The minimum Gasteiger partial charge on any atom is -0.494 e. The highest BCUT2D eigenvalue weighted by atomic mass is 32.2. The summed E-state index contributed by atoms with van der Waals surface area (Å²) in [5.41, 5.74) is 1.33. The van der Waals surface area contributed by atoms with E-state index >= 15 is 0 Å². The molecule has 0 saturated heterocycles. The van der Waals surface area contributed by atoms with Crippen LogP contribution in [-0.4, -0.2) is 25.7 Å². The van der Waals surface area contributed by atoms with Gasteiger partial charge in [-0.25, -0.2) is 0 Å². The zero-order chi connectivity index (χ0) is 12.5. The van der Waals surface area contributed by atoms with Crippen LogP contribution in [0.15, 0.2) is 24.3 Å². The Hall–Kier alpha value is -0.670. The van der Waals surface area contributed by atoms with Crippen LogP contribution in [0.25, 0.3) is 0 Å². The van der Waals surface area contributed by atoms with Gasteiger partial charge in [-0.1, -0.05) is 19.1 Å². The second-order valence-electron chi connectivity index (χ2n) is 4.01. The lowest BCUT2D eigenvalue weighted by Crippen LogP contribution is -2.14. The van der Waals surface area contributed by atoms with Gasteiger partial charge in [0, 0.05) is 6.04 Å². The van der Waals surface area contributed by atoms with Gasteiger partial charge in [-0.15, -0.1) is 0 Å². The van der Waals surface area contributed by atoms with Crippen molar-refractivity contribution in [3.05, 3.63) is 29.8 Å². The van der Waals surface area contributed by atoms with Crippen molar-refractivity contribution in [2.45, 2.75) is 25.8 Å². The second-order valence-corrected chi connectivity index (χ2v) is 5.00. The Bertz CT molecular complexity index is 296. The van der Waals surface area contributed by atoms with E-state index in [4.69, 9.17) is 4.74 Å². The van der Waals surface area contributed by atoms with Crippen LogP contribution >= 0.6 is 11.8 Å². The first-order valence-corrected chi connectivity index (χ1v) is 7.60. The molecule has 1 aromatic carbocycles. The Labute approximate surface area is 109 Å². The maximum atomic E-state index is 5.68. The standard InChI is InChI=1S/C14H23NOS/c1-4-14(15-2)12-6-8-13(9-7-12)16-10-5-11-17-3/h6-9,14-15H,4-5,10-11H2,1-3H3. The molecule has 0 amide bonds. The molecule has 0 spiro atoms. The second kappa shape index (κ2) is 8.43.